The number of fused-ring (bicyclic) bond motifs is 1. The van der Waals surface area contributed by atoms with Crippen LogP contribution in [0.2, 0.25) is 0 Å². The smallest absolute Gasteiger partial charge is 0.232 e. The van der Waals surface area contributed by atoms with Crippen molar-refractivity contribution in [1.29, 1.82) is 0 Å². The second-order valence-corrected chi connectivity index (χ2v) is 6.32. The van der Waals surface area contributed by atoms with Gasteiger partial charge in [-0.25, -0.2) is 0 Å². The molecular formula is C17H22N2O2. The molecule has 1 heterocycles. The Kier molecular flexibility index (Phi) is 3.81. The minimum Gasteiger partial charge on any atom is -0.326 e. The van der Waals surface area contributed by atoms with Crippen molar-refractivity contribution < 1.29 is 9.59 Å². The number of amides is 1. The number of hydrogen-bond acceptors (Lipinski definition) is 3. The van der Waals surface area contributed by atoms with Crippen LogP contribution in [-0.2, 0) is 4.79 Å². The standard InChI is InChI=1S/C17H22N2O2/c1-12(20)13-5-4-7-15(9-13)19-16(21)17-8-3-2-6-14(17)10-18-11-17/h4-5,7,9,14,18H,2-3,6,8,10-11H2,1H3,(H,19,21)/t14-,17+/m0/s1. The molecule has 2 N–H and O–H groups in total. The van der Waals surface area contributed by atoms with E-state index in [9.17, 15) is 9.59 Å². The van der Waals surface area contributed by atoms with E-state index in [1.807, 2.05) is 12.1 Å². The van der Waals surface area contributed by atoms with E-state index >= 15 is 0 Å². The molecule has 1 aromatic carbocycles. The lowest BCUT2D eigenvalue weighted by molar-refractivity contribution is -0.128. The molecule has 4 heteroatoms. The molecule has 2 fully saturated rings. The van der Waals surface area contributed by atoms with Crippen LogP contribution in [0.1, 0.15) is 43.0 Å². The van der Waals surface area contributed by atoms with Gasteiger partial charge in [0.1, 0.15) is 0 Å². The molecule has 112 valence electrons. The summed E-state index contributed by atoms with van der Waals surface area (Å²) in [7, 11) is 0. The third-order valence-electron chi connectivity index (χ3n) is 5.02. The van der Waals surface area contributed by atoms with Gasteiger partial charge in [-0.1, -0.05) is 25.0 Å². The second-order valence-electron chi connectivity index (χ2n) is 6.32. The third-order valence-corrected chi connectivity index (χ3v) is 5.02. The lowest BCUT2D eigenvalue weighted by atomic mass is 9.67. The first-order valence-electron chi connectivity index (χ1n) is 7.75. The minimum absolute atomic E-state index is 0.0161. The number of ketones is 1. The van der Waals surface area contributed by atoms with E-state index in [1.54, 1.807) is 12.1 Å². The van der Waals surface area contributed by atoms with Crippen LogP contribution >= 0.6 is 0 Å². The lowest BCUT2D eigenvalue weighted by Crippen LogP contribution is -2.44. The van der Waals surface area contributed by atoms with E-state index < -0.39 is 0 Å². The predicted molar refractivity (Wildman–Crippen MR) is 82.3 cm³/mol. The lowest BCUT2D eigenvalue weighted by Gasteiger charge is -2.37. The predicted octanol–water partition coefficient (Wildman–Crippen LogP) is 2.61. The van der Waals surface area contributed by atoms with Crippen LogP contribution in [0.15, 0.2) is 24.3 Å². The van der Waals surface area contributed by atoms with Crippen molar-refractivity contribution in [3.05, 3.63) is 29.8 Å². The number of benzene rings is 1. The van der Waals surface area contributed by atoms with E-state index in [2.05, 4.69) is 10.6 Å². The summed E-state index contributed by atoms with van der Waals surface area (Å²) in [6.45, 7) is 3.26. The molecule has 0 spiro atoms. The zero-order chi connectivity index (χ0) is 14.9. The molecule has 3 rings (SSSR count). The first kappa shape index (κ1) is 14.3. The van der Waals surface area contributed by atoms with Gasteiger partial charge in [0.25, 0.3) is 0 Å². The third kappa shape index (κ3) is 2.60. The topological polar surface area (TPSA) is 58.2 Å². The van der Waals surface area contributed by atoms with E-state index in [-0.39, 0.29) is 17.1 Å². The average Bonchev–Trinajstić information content (AvgIpc) is 2.92. The number of carbonyl (C=O) groups is 2. The molecule has 1 saturated carbocycles. The molecule has 1 amide bonds. The van der Waals surface area contributed by atoms with Crippen molar-refractivity contribution in [3.8, 4) is 0 Å². The highest BCUT2D eigenvalue weighted by molar-refractivity contribution is 5.99. The Labute approximate surface area is 125 Å². The molecular weight excluding hydrogens is 264 g/mol. The van der Waals surface area contributed by atoms with Gasteiger partial charge in [0.15, 0.2) is 5.78 Å². The molecule has 0 bridgehead atoms. The van der Waals surface area contributed by atoms with E-state index in [4.69, 9.17) is 0 Å². The monoisotopic (exact) mass is 286 g/mol. The van der Waals surface area contributed by atoms with Gasteiger partial charge in [-0.3, -0.25) is 9.59 Å². The summed E-state index contributed by atoms with van der Waals surface area (Å²) in [5, 5.41) is 6.42. The summed E-state index contributed by atoms with van der Waals surface area (Å²) < 4.78 is 0. The quantitative estimate of drug-likeness (QED) is 0.840. The van der Waals surface area contributed by atoms with Gasteiger partial charge in [-0.05, 0) is 44.4 Å². The zero-order valence-corrected chi connectivity index (χ0v) is 12.4. The highest BCUT2D eigenvalue weighted by Gasteiger charge is 2.49. The molecule has 1 aromatic rings. The Morgan fingerprint density at radius 2 is 2.19 bits per heavy atom. The van der Waals surface area contributed by atoms with Gasteiger partial charge in [0.05, 0.1) is 5.41 Å². The fourth-order valence-corrected chi connectivity index (χ4v) is 3.76. The maximum absolute atomic E-state index is 12.8. The van der Waals surface area contributed by atoms with Crippen LogP contribution in [0.4, 0.5) is 5.69 Å². The Morgan fingerprint density at radius 3 is 3.00 bits per heavy atom. The van der Waals surface area contributed by atoms with Crippen molar-refractivity contribution in [3.63, 3.8) is 0 Å². The number of rotatable bonds is 3. The number of Topliss-reactive ketones (excluding diaryl/α,β-unsaturated/α-hetero) is 1. The van der Waals surface area contributed by atoms with Gasteiger partial charge in [-0.2, -0.15) is 0 Å². The fraction of sp³-hybridized carbons (Fsp3) is 0.529. The van der Waals surface area contributed by atoms with Crippen molar-refractivity contribution >= 4 is 17.4 Å². The van der Waals surface area contributed by atoms with E-state index in [0.717, 1.165) is 38.0 Å². The van der Waals surface area contributed by atoms with Gasteiger partial charge >= 0.3 is 0 Å². The van der Waals surface area contributed by atoms with E-state index in [1.165, 1.54) is 13.3 Å². The van der Waals surface area contributed by atoms with Crippen LogP contribution in [0.5, 0.6) is 0 Å². The molecule has 4 nitrogen and oxygen atoms in total. The molecule has 1 aliphatic carbocycles. The SMILES string of the molecule is CC(=O)c1cccc(NC(=O)[C@@]23CCCC[C@H]2CNC3)c1. The zero-order valence-electron chi connectivity index (χ0n) is 12.4. The second kappa shape index (κ2) is 5.60. The fourth-order valence-electron chi connectivity index (χ4n) is 3.76. The molecule has 0 unspecified atom stereocenters. The molecule has 0 aromatic heterocycles. The number of anilines is 1. The van der Waals surface area contributed by atoms with Gasteiger partial charge in [0.2, 0.25) is 5.91 Å². The van der Waals surface area contributed by atoms with Crippen LogP contribution in [-0.4, -0.2) is 24.8 Å². The van der Waals surface area contributed by atoms with Gasteiger partial charge in [0, 0.05) is 17.8 Å². The van der Waals surface area contributed by atoms with Crippen molar-refractivity contribution in [2.24, 2.45) is 11.3 Å². The highest BCUT2D eigenvalue weighted by atomic mass is 16.2. The molecule has 1 aliphatic heterocycles. The summed E-state index contributed by atoms with van der Waals surface area (Å²) in [4.78, 5) is 24.3. The first-order chi connectivity index (χ1) is 10.1. The maximum Gasteiger partial charge on any atom is 0.232 e. The summed E-state index contributed by atoms with van der Waals surface area (Å²) in [5.41, 5.74) is 1.10. The van der Waals surface area contributed by atoms with Crippen molar-refractivity contribution in [2.75, 3.05) is 18.4 Å². The van der Waals surface area contributed by atoms with Crippen molar-refractivity contribution in [2.45, 2.75) is 32.6 Å². The number of nitrogens with one attached hydrogen (secondary N) is 2. The Hall–Kier alpha value is -1.68. The summed E-state index contributed by atoms with van der Waals surface area (Å²) >= 11 is 0. The van der Waals surface area contributed by atoms with Crippen LogP contribution < -0.4 is 10.6 Å². The number of hydrogen-bond donors (Lipinski definition) is 2. The number of carbonyl (C=O) groups excluding carboxylic acids is 2. The molecule has 0 radical (unpaired) electrons. The molecule has 21 heavy (non-hydrogen) atoms. The minimum atomic E-state index is -0.259. The maximum atomic E-state index is 12.8. The molecule has 2 aliphatic rings. The Morgan fingerprint density at radius 1 is 1.33 bits per heavy atom. The average molecular weight is 286 g/mol. The first-order valence-corrected chi connectivity index (χ1v) is 7.75. The Bertz CT molecular complexity index is 570. The van der Waals surface area contributed by atoms with Gasteiger partial charge < -0.3 is 10.6 Å². The summed E-state index contributed by atoms with van der Waals surface area (Å²) in [6, 6.07) is 7.20. The Balaban J connectivity index is 1.79. The van der Waals surface area contributed by atoms with Crippen LogP contribution in [0, 0.1) is 11.3 Å². The van der Waals surface area contributed by atoms with Gasteiger partial charge in [-0.15, -0.1) is 0 Å². The highest BCUT2D eigenvalue weighted by Crippen LogP contribution is 2.44. The largest absolute Gasteiger partial charge is 0.326 e. The van der Waals surface area contributed by atoms with Crippen molar-refractivity contribution in [1.82, 2.24) is 5.32 Å². The van der Waals surface area contributed by atoms with Crippen LogP contribution in [0.25, 0.3) is 0 Å². The summed E-state index contributed by atoms with van der Waals surface area (Å²) in [6.07, 6.45) is 4.44. The van der Waals surface area contributed by atoms with E-state index in [0.29, 0.717) is 11.5 Å². The summed E-state index contributed by atoms with van der Waals surface area (Å²) in [5.74, 6) is 0.572. The molecule has 1 saturated heterocycles. The van der Waals surface area contributed by atoms with Crippen LogP contribution in [0.3, 0.4) is 0 Å². The normalized spacial score (nSPS) is 28.0. The molecule has 2 atom stereocenters.